The molecule has 0 radical (unpaired) electrons. The summed E-state index contributed by atoms with van der Waals surface area (Å²) in [5.41, 5.74) is 9.30. The number of hydrogen-bond donors (Lipinski definition) is 1. The Kier molecular flexibility index (Phi) is 3.72. The van der Waals surface area contributed by atoms with Crippen LogP contribution in [-0.2, 0) is 6.42 Å². The number of aryl methyl sites for hydroxylation is 1. The molecular weight excluding hydrogens is 275 g/mol. The maximum Gasteiger partial charge on any atom is 0.142 e. The van der Waals surface area contributed by atoms with Crippen LogP contribution in [0.15, 0.2) is 36.5 Å². The Bertz CT molecular complexity index is 630. The van der Waals surface area contributed by atoms with Crippen LogP contribution < -0.4 is 5.73 Å². The zero-order chi connectivity index (χ0) is 14.1. The molecule has 2 aromatic rings. The van der Waals surface area contributed by atoms with Gasteiger partial charge in [-0.1, -0.05) is 29.8 Å². The second-order valence-electron chi connectivity index (χ2n) is 5.22. The molecule has 104 valence electrons. The van der Waals surface area contributed by atoms with Crippen LogP contribution in [0.5, 0.6) is 0 Å². The van der Waals surface area contributed by atoms with Crippen LogP contribution in [0.1, 0.15) is 41.6 Å². The Morgan fingerprint density at radius 1 is 1.30 bits per heavy atom. The van der Waals surface area contributed by atoms with Crippen molar-refractivity contribution in [1.29, 1.82) is 0 Å². The van der Waals surface area contributed by atoms with Gasteiger partial charge in [-0.05, 0) is 42.5 Å². The minimum Gasteiger partial charge on any atom is -0.323 e. The highest BCUT2D eigenvalue weighted by Crippen LogP contribution is 2.40. The molecule has 3 rings (SSSR count). The van der Waals surface area contributed by atoms with Gasteiger partial charge in [0.1, 0.15) is 5.82 Å². The van der Waals surface area contributed by atoms with Crippen LogP contribution in [0.3, 0.4) is 0 Å². The first-order chi connectivity index (χ1) is 9.68. The Morgan fingerprint density at radius 3 is 3.00 bits per heavy atom. The van der Waals surface area contributed by atoms with Crippen molar-refractivity contribution >= 4 is 11.6 Å². The highest BCUT2D eigenvalue weighted by molar-refractivity contribution is 6.31. The van der Waals surface area contributed by atoms with Crippen molar-refractivity contribution in [2.45, 2.75) is 31.2 Å². The van der Waals surface area contributed by atoms with Crippen molar-refractivity contribution in [1.82, 2.24) is 4.98 Å². The number of fused-ring (bicyclic) bond motifs is 1. The minimum atomic E-state index is -0.420. The standard InChI is InChI=1S/C16H16ClFN2/c17-14-11(6-2-8-13(14)18)15(19)12-7-1-4-10-5-3-9-20-16(10)12/h2-3,5-6,8-9,12,15H,1,4,7,19H2. The number of pyridine rings is 1. The molecule has 1 aromatic heterocycles. The van der Waals surface area contributed by atoms with Gasteiger partial charge >= 0.3 is 0 Å². The fourth-order valence-electron chi connectivity index (χ4n) is 2.99. The summed E-state index contributed by atoms with van der Waals surface area (Å²) in [7, 11) is 0. The fraction of sp³-hybridized carbons (Fsp3) is 0.312. The maximum absolute atomic E-state index is 13.6. The molecule has 4 heteroatoms. The SMILES string of the molecule is NC(c1cccc(F)c1Cl)C1CCCc2cccnc21. The number of benzene rings is 1. The number of aromatic nitrogens is 1. The average molecular weight is 291 g/mol. The zero-order valence-electron chi connectivity index (χ0n) is 11.0. The van der Waals surface area contributed by atoms with Gasteiger partial charge in [0.2, 0.25) is 0 Å². The summed E-state index contributed by atoms with van der Waals surface area (Å²) in [6.07, 6.45) is 4.85. The topological polar surface area (TPSA) is 38.9 Å². The van der Waals surface area contributed by atoms with Crippen LogP contribution in [-0.4, -0.2) is 4.98 Å². The summed E-state index contributed by atoms with van der Waals surface area (Å²) >= 11 is 6.06. The first-order valence-corrected chi connectivity index (χ1v) is 7.19. The van der Waals surface area contributed by atoms with Gasteiger partial charge in [0, 0.05) is 23.9 Å². The first kappa shape index (κ1) is 13.5. The smallest absolute Gasteiger partial charge is 0.142 e. The van der Waals surface area contributed by atoms with Gasteiger partial charge in [-0.2, -0.15) is 0 Å². The highest BCUT2D eigenvalue weighted by atomic mass is 35.5. The molecule has 20 heavy (non-hydrogen) atoms. The van der Waals surface area contributed by atoms with E-state index < -0.39 is 5.82 Å². The first-order valence-electron chi connectivity index (χ1n) is 6.81. The Hall–Kier alpha value is -1.45. The van der Waals surface area contributed by atoms with Crippen LogP contribution >= 0.6 is 11.6 Å². The van der Waals surface area contributed by atoms with E-state index in [9.17, 15) is 4.39 Å². The lowest BCUT2D eigenvalue weighted by molar-refractivity contribution is 0.461. The number of nitrogens with zero attached hydrogens (tertiary/aromatic N) is 1. The van der Waals surface area contributed by atoms with E-state index in [0.717, 1.165) is 25.0 Å². The molecule has 0 amide bonds. The predicted molar refractivity (Wildman–Crippen MR) is 78.3 cm³/mol. The van der Waals surface area contributed by atoms with Gasteiger partial charge in [0.05, 0.1) is 5.02 Å². The second kappa shape index (κ2) is 5.51. The third-order valence-corrected chi connectivity index (χ3v) is 4.41. The van der Waals surface area contributed by atoms with E-state index in [1.54, 1.807) is 18.3 Å². The van der Waals surface area contributed by atoms with Crippen LogP contribution in [0.4, 0.5) is 4.39 Å². The van der Waals surface area contributed by atoms with E-state index in [-0.39, 0.29) is 17.0 Å². The molecule has 0 spiro atoms. The summed E-state index contributed by atoms with van der Waals surface area (Å²) in [5, 5.41) is 0.128. The lowest BCUT2D eigenvalue weighted by Gasteiger charge is -2.29. The van der Waals surface area contributed by atoms with Gasteiger partial charge in [0.15, 0.2) is 0 Å². The van der Waals surface area contributed by atoms with E-state index in [1.165, 1.54) is 11.6 Å². The quantitative estimate of drug-likeness (QED) is 0.908. The van der Waals surface area contributed by atoms with Gasteiger partial charge in [0.25, 0.3) is 0 Å². The third kappa shape index (κ3) is 2.32. The average Bonchev–Trinajstić information content (AvgIpc) is 2.49. The summed E-state index contributed by atoms with van der Waals surface area (Å²) in [5.74, 6) is -0.323. The number of rotatable bonds is 2. The number of nitrogens with two attached hydrogens (primary N) is 1. The third-order valence-electron chi connectivity index (χ3n) is 4.01. The van der Waals surface area contributed by atoms with E-state index in [0.29, 0.717) is 5.56 Å². The Labute approximate surface area is 122 Å². The lowest BCUT2D eigenvalue weighted by Crippen LogP contribution is -2.25. The fourth-order valence-corrected chi connectivity index (χ4v) is 3.24. The molecule has 1 heterocycles. The molecule has 1 aromatic carbocycles. The zero-order valence-corrected chi connectivity index (χ0v) is 11.8. The largest absolute Gasteiger partial charge is 0.323 e. The van der Waals surface area contributed by atoms with Gasteiger partial charge in [-0.3, -0.25) is 4.98 Å². The highest BCUT2D eigenvalue weighted by Gasteiger charge is 2.29. The van der Waals surface area contributed by atoms with E-state index in [4.69, 9.17) is 17.3 Å². The Morgan fingerprint density at radius 2 is 2.15 bits per heavy atom. The van der Waals surface area contributed by atoms with Crippen molar-refractivity contribution in [2.24, 2.45) is 5.73 Å². The molecule has 2 unspecified atom stereocenters. The predicted octanol–water partition coefficient (Wildman–Crippen LogP) is 3.99. The molecule has 2 atom stereocenters. The second-order valence-corrected chi connectivity index (χ2v) is 5.59. The summed E-state index contributed by atoms with van der Waals surface area (Å²) in [6.45, 7) is 0. The molecule has 2 N–H and O–H groups in total. The molecule has 0 fully saturated rings. The van der Waals surface area contributed by atoms with Gasteiger partial charge in [-0.25, -0.2) is 4.39 Å². The molecule has 2 nitrogen and oxygen atoms in total. The molecule has 1 aliphatic rings. The van der Waals surface area contributed by atoms with E-state index in [1.807, 2.05) is 6.07 Å². The summed E-state index contributed by atoms with van der Waals surface area (Å²) in [6, 6.07) is 8.51. The summed E-state index contributed by atoms with van der Waals surface area (Å²) < 4.78 is 13.6. The van der Waals surface area contributed by atoms with Crippen molar-refractivity contribution in [3.63, 3.8) is 0 Å². The van der Waals surface area contributed by atoms with Gasteiger partial charge in [-0.15, -0.1) is 0 Å². The normalized spacial score (nSPS) is 19.4. The number of hydrogen-bond acceptors (Lipinski definition) is 2. The lowest BCUT2D eigenvalue weighted by atomic mass is 9.80. The molecule has 0 bridgehead atoms. The Balaban J connectivity index is 2.00. The van der Waals surface area contributed by atoms with Gasteiger partial charge < -0.3 is 5.73 Å². The van der Waals surface area contributed by atoms with Crippen molar-refractivity contribution < 1.29 is 4.39 Å². The molecule has 1 aliphatic carbocycles. The van der Waals surface area contributed by atoms with Crippen LogP contribution in [0.25, 0.3) is 0 Å². The van der Waals surface area contributed by atoms with Crippen molar-refractivity contribution in [3.8, 4) is 0 Å². The van der Waals surface area contributed by atoms with Crippen LogP contribution in [0.2, 0.25) is 5.02 Å². The maximum atomic E-state index is 13.6. The van der Waals surface area contributed by atoms with Crippen molar-refractivity contribution in [3.05, 3.63) is 64.2 Å². The summed E-state index contributed by atoms with van der Waals surface area (Å²) in [4.78, 5) is 4.48. The van der Waals surface area contributed by atoms with E-state index >= 15 is 0 Å². The number of halogens is 2. The van der Waals surface area contributed by atoms with Crippen molar-refractivity contribution in [2.75, 3.05) is 0 Å². The monoisotopic (exact) mass is 290 g/mol. The molecular formula is C16H16ClFN2. The molecule has 0 aliphatic heterocycles. The van der Waals surface area contributed by atoms with E-state index in [2.05, 4.69) is 11.1 Å². The molecule has 0 saturated carbocycles. The van der Waals surface area contributed by atoms with Crippen LogP contribution in [0, 0.1) is 5.82 Å². The molecule has 0 saturated heterocycles. The minimum absolute atomic E-state index is 0.0965.